The number of carbonyl (C=O) groups excluding carboxylic acids is 2. The first-order valence-electron chi connectivity index (χ1n) is 12.4. The summed E-state index contributed by atoms with van der Waals surface area (Å²) in [4.78, 5) is 28.6. The molecule has 196 valence electrons. The van der Waals surface area contributed by atoms with E-state index in [0.29, 0.717) is 12.1 Å². The Morgan fingerprint density at radius 1 is 1.08 bits per heavy atom. The number of hydrogen-bond acceptors (Lipinski definition) is 4. The van der Waals surface area contributed by atoms with Crippen LogP contribution in [0, 0.1) is 13.8 Å². The van der Waals surface area contributed by atoms with Crippen LogP contribution in [-0.2, 0) is 26.2 Å². The lowest BCUT2D eigenvalue weighted by Gasteiger charge is -2.33. The first-order valence-corrected chi connectivity index (χ1v) is 15.0. The fourth-order valence-electron chi connectivity index (χ4n) is 4.57. The minimum atomic E-state index is -3.76. The Morgan fingerprint density at radius 3 is 2.28 bits per heavy atom. The number of anilines is 1. The maximum atomic E-state index is 13.8. The number of benzene rings is 2. The van der Waals surface area contributed by atoms with Crippen molar-refractivity contribution in [2.75, 3.05) is 17.1 Å². The van der Waals surface area contributed by atoms with Gasteiger partial charge in [-0.1, -0.05) is 65.5 Å². The largest absolute Gasteiger partial charge is 0.352 e. The van der Waals surface area contributed by atoms with Crippen molar-refractivity contribution in [3.8, 4) is 0 Å². The third-order valence-electron chi connectivity index (χ3n) is 6.67. The van der Waals surface area contributed by atoms with Gasteiger partial charge in [0.25, 0.3) is 0 Å². The molecule has 1 atom stereocenters. The second kappa shape index (κ2) is 12.2. The molecule has 1 N–H and O–H groups in total. The number of hydrogen-bond donors (Lipinski definition) is 1. The Hall–Kier alpha value is -2.39. The van der Waals surface area contributed by atoms with Crippen LogP contribution in [0.15, 0.2) is 46.9 Å². The predicted molar refractivity (Wildman–Crippen MR) is 147 cm³/mol. The van der Waals surface area contributed by atoms with Gasteiger partial charge in [0.1, 0.15) is 12.6 Å². The summed E-state index contributed by atoms with van der Waals surface area (Å²) in [5.74, 6) is -0.606. The van der Waals surface area contributed by atoms with Crippen LogP contribution >= 0.6 is 15.9 Å². The molecule has 2 aromatic carbocycles. The smallest absolute Gasteiger partial charge is 0.244 e. The van der Waals surface area contributed by atoms with E-state index in [9.17, 15) is 18.0 Å². The van der Waals surface area contributed by atoms with Crippen molar-refractivity contribution in [2.45, 2.75) is 71.5 Å². The number of sulfonamides is 1. The molecule has 0 radical (unpaired) electrons. The fourth-order valence-corrected chi connectivity index (χ4v) is 5.66. The van der Waals surface area contributed by atoms with Gasteiger partial charge in [0.2, 0.25) is 21.8 Å². The molecule has 0 spiro atoms. The number of carbonyl (C=O) groups is 2. The van der Waals surface area contributed by atoms with Crippen molar-refractivity contribution in [1.82, 2.24) is 10.2 Å². The predicted octanol–water partition coefficient (Wildman–Crippen LogP) is 4.70. The van der Waals surface area contributed by atoms with Gasteiger partial charge in [0, 0.05) is 17.1 Å². The van der Waals surface area contributed by atoms with Gasteiger partial charge in [-0.2, -0.15) is 0 Å². The van der Waals surface area contributed by atoms with Crippen molar-refractivity contribution in [2.24, 2.45) is 0 Å². The van der Waals surface area contributed by atoms with Gasteiger partial charge in [0.15, 0.2) is 0 Å². The Bertz CT molecular complexity index is 1180. The molecule has 0 bridgehead atoms. The first-order chi connectivity index (χ1) is 17.0. The molecule has 2 aromatic rings. The molecule has 0 heterocycles. The zero-order valence-electron chi connectivity index (χ0n) is 21.5. The van der Waals surface area contributed by atoms with Crippen molar-refractivity contribution < 1.29 is 18.0 Å². The van der Waals surface area contributed by atoms with Crippen molar-refractivity contribution in [3.63, 3.8) is 0 Å². The first kappa shape index (κ1) is 28.2. The molecule has 9 heteroatoms. The summed E-state index contributed by atoms with van der Waals surface area (Å²) in [5, 5.41) is 3.12. The van der Waals surface area contributed by atoms with E-state index in [2.05, 4.69) is 21.2 Å². The molecule has 0 unspecified atom stereocenters. The molecule has 7 nitrogen and oxygen atoms in total. The lowest BCUT2D eigenvalue weighted by Crippen LogP contribution is -2.53. The maximum Gasteiger partial charge on any atom is 0.244 e. The van der Waals surface area contributed by atoms with E-state index < -0.39 is 22.0 Å². The number of nitrogens with one attached hydrogen (secondary N) is 1. The Kier molecular flexibility index (Phi) is 9.58. The van der Waals surface area contributed by atoms with E-state index in [1.165, 1.54) is 4.90 Å². The molecule has 0 aromatic heterocycles. The van der Waals surface area contributed by atoms with Gasteiger partial charge in [-0.25, -0.2) is 8.42 Å². The van der Waals surface area contributed by atoms with E-state index >= 15 is 0 Å². The number of aryl methyl sites for hydroxylation is 2. The molecular weight excluding hydrogens is 542 g/mol. The fraction of sp³-hybridized carbons (Fsp3) is 0.481. The van der Waals surface area contributed by atoms with Crippen LogP contribution in [0.5, 0.6) is 0 Å². The number of amides is 2. The summed E-state index contributed by atoms with van der Waals surface area (Å²) >= 11 is 3.44. The van der Waals surface area contributed by atoms with Gasteiger partial charge in [-0.15, -0.1) is 0 Å². The lowest BCUT2D eigenvalue weighted by molar-refractivity contribution is -0.140. The average Bonchev–Trinajstić information content (AvgIpc) is 3.32. The highest BCUT2D eigenvalue weighted by Crippen LogP contribution is 2.25. The number of nitrogens with zero attached hydrogens (tertiary/aromatic N) is 2. The van der Waals surface area contributed by atoms with E-state index in [4.69, 9.17) is 0 Å². The van der Waals surface area contributed by atoms with Crippen LogP contribution in [0.2, 0.25) is 0 Å². The highest BCUT2D eigenvalue weighted by Gasteiger charge is 2.33. The average molecular weight is 579 g/mol. The molecular formula is C27H36BrN3O4S. The number of rotatable bonds is 10. The molecule has 0 saturated heterocycles. The van der Waals surface area contributed by atoms with Gasteiger partial charge >= 0.3 is 0 Å². The van der Waals surface area contributed by atoms with E-state index in [0.717, 1.165) is 57.4 Å². The second-order valence-corrected chi connectivity index (χ2v) is 12.4. The van der Waals surface area contributed by atoms with E-state index in [1.54, 1.807) is 18.2 Å². The summed E-state index contributed by atoms with van der Waals surface area (Å²) in [5.41, 5.74) is 3.24. The van der Waals surface area contributed by atoms with Crippen LogP contribution in [0.4, 0.5) is 5.69 Å². The molecule has 1 fully saturated rings. The van der Waals surface area contributed by atoms with Crippen molar-refractivity contribution in [3.05, 3.63) is 63.6 Å². The Labute approximate surface area is 223 Å². The summed E-state index contributed by atoms with van der Waals surface area (Å²) in [6, 6.07) is 12.4. The monoisotopic (exact) mass is 577 g/mol. The second-order valence-electron chi connectivity index (χ2n) is 9.62. The normalized spacial score (nSPS) is 14.9. The van der Waals surface area contributed by atoms with Crippen molar-refractivity contribution in [1.29, 1.82) is 0 Å². The zero-order valence-corrected chi connectivity index (χ0v) is 23.9. The molecule has 36 heavy (non-hydrogen) atoms. The molecule has 1 saturated carbocycles. The third-order valence-corrected chi connectivity index (χ3v) is 8.70. The van der Waals surface area contributed by atoms with Crippen LogP contribution in [0.25, 0.3) is 0 Å². The van der Waals surface area contributed by atoms with Gasteiger partial charge in [-0.05, 0) is 62.4 Å². The van der Waals surface area contributed by atoms with Crippen LogP contribution < -0.4 is 9.62 Å². The van der Waals surface area contributed by atoms with Crippen LogP contribution in [-0.4, -0.2) is 50.0 Å². The van der Waals surface area contributed by atoms with Crippen LogP contribution in [0.3, 0.4) is 0 Å². The third kappa shape index (κ3) is 7.32. The minimum absolute atomic E-state index is 0.126. The lowest BCUT2D eigenvalue weighted by atomic mass is 10.1. The summed E-state index contributed by atoms with van der Waals surface area (Å²) < 4.78 is 27.5. The van der Waals surface area contributed by atoms with E-state index in [-0.39, 0.29) is 25.0 Å². The standard InChI is InChI=1S/C27H36BrN3O4S/c1-5-25(27(33)29-22-8-6-7-9-22)30(17-21-12-10-19(2)11-13-21)26(32)18-31(36(4,34)35)23-14-15-24(28)20(3)16-23/h10-16,22,25H,5-9,17-18H2,1-4H3,(H,29,33)/t25-/m1/s1. The SMILES string of the molecule is CC[C@H](C(=O)NC1CCCC1)N(Cc1ccc(C)cc1)C(=O)CN(c1ccc(Br)c(C)c1)S(C)(=O)=O. The Balaban J connectivity index is 1.92. The minimum Gasteiger partial charge on any atom is -0.352 e. The quantitative estimate of drug-likeness (QED) is 0.443. The highest BCUT2D eigenvalue weighted by molar-refractivity contribution is 9.10. The van der Waals surface area contributed by atoms with Gasteiger partial charge in [-0.3, -0.25) is 13.9 Å². The van der Waals surface area contributed by atoms with Gasteiger partial charge in [0.05, 0.1) is 11.9 Å². The molecule has 2 amide bonds. The molecule has 1 aliphatic rings. The summed E-state index contributed by atoms with van der Waals surface area (Å²) in [6.07, 6.45) is 5.57. The van der Waals surface area contributed by atoms with Crippen molar-refractivity contribution >= 4 is 43.5 Å². The number of halogens is 1. The maximum absolute atomic E-state index is 13.8. The van der Waals surface area contributed by atoms with Crippen LogP contribution in [0.1, 0.15) is 55.7 Å². The molecule has 0 aliphatic heterocycles. The molecule has 3 rings (SSSR count). The summed E-state index contributed by atoms with van der Waals surface area (Å²) in [6.45, 7) is 5.55. The Morgan fingerprint density at radius 2 is 1.72 bits per heavy atom. The summed E-state index contributed by atoms with van der Waals surface area (Å²) in [7, 11) is -3.76. The molecule has 1 aliphatic carbocycles. The highest BCUT2D eigenvalue weighted by atomic mass is 79.9. The zero-order chi connectivity index (χ0) is 26.5. The van der Waals surface area contributed by atoms with E-state index in [1.807, 2.05) is 45.0 Å². The van der Waals surface area contributed by atoms with Gasteiger partial charge < -0.3 is 10.2 Å². The topological polar surface area (TPSA) is 86.8 Å².